The number of likely N-dealkylation sites (tertiary alicyclic amines) is 1. The van der Waals surface area contributed by atoms with E-state index in [1.165, 1.54) is 31.3 Å². The van der Waals surface area contributed by atoms with Crippen molar-refractivity contribution >= 4 is 34.6 Å². The van der Waals surface area contributed by atoms with Crippen molar-refractivity contribution in [1.29, 1.82) is 0 Å². The van der Waals surface area contributed by atoms with Crippen LogP contribution in [0.4, 0.5) is 5.69 Å². The van der Waals surface area contributed by atoms with E-state index in [1.54, 1.807) is 0 Å². The minimum atomic E-state index is -0.323. The van der Waals surface area contributed by atoms with Crippen LogP contribution in [0.3, 0.4) is 0 Å². The Hall–Kier alpha value is -0.780. The molecule has 0 unspecified atom stereocenters. The molecule has 0 aliphatic carbocycles. The van der Waals surface area contributed by atoms with Crippen LogP contribution in [0, 0.1) is 12.8 Å². The Balaban J connectivity index is 2.03. The van der Waals surface area contributed by atoms with Gasteiger partial charge in [0.25, 0.3) is 0 Å². The molecule has 20 heavy (non-hydrogen) atoms. The number of ether oxygens (including phenoxy) is 1. The number of esters is 1. The predicted molar refractivity (Wildman–Crippen MR) is 84.1 cm³/mol. The zero-order valence-corrected chi connectivity index (χ0v) is 13.7. The topological polar surface area (TPSA) is 41.6 Å². The normalized spacial score (nSPS) is 17.2. The molecule has 1 aromatic heterocycles. The van der Waals surface area contributed by atoms with Crippen LogP contribution in [0.1, 0.15) is 27.4 Å². The minimum Gasteiger partial charge on any atom is -0.465 e. The number of thiophene rings is 1. The Morgan fingerprint density at radius 1 is 1.50 bits per heavy atom. The molecule has 1 aliphatic rings. The number of carbonyl (C=O) groups is 1. The number of carbonyl (C=O) groups excluding carboxylic acids is 1. The third-order valence-corrected chi connectivity index (χ3v) is 5.46. The molecule has 0 saturated carbocycles. The van der Waals surface area contributed by atoms with E-state index >= 15 is 0 Å². The third kappa shape index (κ3) is 3.45. The van der Waals surface area contributed by atoms with E-state index in [1.807, 2.05) is 6.92 Å². The van der Waals surface area contributed by atoms with Crippen molar-refractivity contribution < 1.29 is 9.53 Å². The highest BCUT2D eigenvalue weighted by Gasteiger charge is 2.22. The van der Waals surface area contributed by atoms with Gasteiger partial charge in [-0.2, -0.15) is 0 Å². The molecule has 0 amide bonds. The molecule has 1 fully saturated rings. The number of methoxy groups -OCH3 is 1. The van der Waals surface area contributed by atoms with Gasteiger partial charge in [0.1, 0.15) is 4.88 Å². The molecule has 1 saturated heterocycles. The first kappa shape index (κ1) is 15.6. The molecule has 6 heteroatoms. The van der Waals surface area contributed by atoms with E-state index in [4.69, 9.17) is 16.3 Å². The van der Waals surface area contributed by atoms with Crippen molar-refractivity contribution in [3.8, 4) is 0 Å². The van der Waals surface area contributed by atoms with Gasteiger partial charge in [0.15, 0.2) is 0 Å². The number of piperidine rings is 1. The van der Waals surface area contributed by atoms with Crippen LogP contribution >= 0.6 is 22.9 Å². The average Bonchev–Trinajstić information content (AvgIpc) is 2.73. The summed E-state index contributed by atoms with van der Waals surface area (Å²) in [5, 5.41) is 4.00. The van der Waals surface area contributed by atoms with Crippen LogP contribution < -0.4 is 5.32 Å². The lowest BCUT2D eigenvalue weighted by Gasteiger charge is -2.29. The van der Waals surface area contributed by atoms with Gasteiger partial charge in [0.05, 0.1) is 17.8 Å². The zero-order chi connectivity index (χ0) is 14.7. The van der Waals surface area contributed by atoms with Crippen molar-refractivity contribution in [3.63, 3.8) is 0 Å². The van der Waals surface area contributed by atoms with Crippen LogP contribution in [0.2, 0.25) is 5.02 Å². The van der Waals surface area contributed by atoms with E-state index in [0.29, 0.717) is 15.8 Å². The van der Waals surface area contributed by atoms with Crippen LogP contribution in [0.5, 0.6) is 0 Å². The molecule has 0 aromatic carbocycles. The van der Waals surface area contributed by atoms with E-state index in [2.05, 4.69) is 17.3 Å². The molecule has 0 spiro atoms. The van der Waals surface area contributed by atoms with Crippen LogP contribution in [0.15, 0.2) is 0 Å². The summed E-state index contributed by atoms with van der Waals surface area (Å²) in [5.74, 6) is 0.309. The van der Waals surface area contributed by atoms with E-state index in [9.17, 15) is 4.79 Å². The fourth-order valence-corrected chi connectivity index (χ4v) is 3.71. The Morgan fingerprint density at radius 2 is 2.15 bits per heavy atom. The van der Waals surface area contributed by atoms with Gasteiger partial charge in [-0.1, -0.05) is 11.6 Å². The van der Waals surface area contributed by atoms with Gasteiger partial charge in [0, 0.05) is 11.4 Å². The summed E-state index contributed by atoms with van der Waals surface area (Å²) >= 11 is 7.67. The second kappa shape index (κ2) is 6.78. The van der Waals surface area contributed by atoms with Crippen molar-refractivity contribution in [1.82, 2.24) is 4.90 Å². The zero-order valence-electron chi connectivity index (χ0n) is 12.2. The molecule has 0 atom stereocenters. The van der Waals surface area contributed by atoms with E-state index < -0.39 is 0 Å². The summed E-state index contributed by atoms with van der Waals surface area (Å²) in [6.07, 6.45) is 2.36. The predicted octanol–water partition coefficient (Wildman–Crippen LogP) is 3.25. The first-order chi connectivity index (χ1) is 9.52. The molecule has 112 valence electrons. The smallest absolute Gasteiger partial charge is 0.350 e. The number of anilines is 1. The molecule has 2 rings (SSSR count). The maximum Gasteiger partial charge on any atom is 0.350 e. The van der Waals surface area contributed by atoms with Crippen LogP contribution in [0.25, 0.3) is 0 Å². The summed E-state index contributed by atoms with van der Waals surface area (Å²) in [6, 6.07) is 0. The van der Waals surface area contributed by atoms with Gasteiger partial charge in [-0.05, 0) is 45.8 Å². The molecule has 0 radical (unpaired) electrons. The summed E-state index contributed by atoms with van der Waals surface area (Å²) in [4.78, 5) is 15.6. The SMILES string of the molecule is COC(=O)c1sc(C)c(Cl)c1NCC1CCN(C)CC1. The molecular formula is C14H21ClN2O2S. The quantitative estimate of drug-likeness (QED) is 0.866. The highest BCUT2D eigenvalue weighted by molar-refractivity contribution is 7.15. The van der Waals surface area contributed by atoms with Crippen LogP contribution in [-0.4, -0.2) is 44.7 Å². The highest BCUT2D eigenvalue weighted by Crippen LogP contribution is 2.37. The van der Waals surface area contributed by atoms with Gasteiger partial charge in [0.2, 0.25) is 0 Å². The second-order valence-electron chi connectivity index (χ2n) is 5.30. The van der Waals surface area contributed by atoms with Crippen molar-refractivity contribution in [2.24, 2.45) is 5.92 Å². The fourth-order valence-electron chi connectivity index (χ4n) is 2.43. The third-order valence-electron chi connectivity index (χ3n) is 3.79. The van der Waals surface area contributed by atoms with Gasteiger partial charge < -0.3 is 15.0 Å². The molecule has 4 nitrogen and oxygen atoms in total. The second-order valence-corrected chi connectivity index (χ2v) is 6.90. The number of halogens is 1. The lowest BCUT2D eigenvalue weighted by molar-refractivity contribution is 0.0607. The monoisotopic (exact) mass is 316 g/mol. The molecule has 1 aromatic rings. The van der Waals surface area contributed by atoms with Gasteiger partial charge in [-0.15, -0.1) is 11.3 Å². The number of nitrogens with one attached hydrogen (secondary N) is 1. The van der Waals surface area contributed by atoms with Gasteiger partial charge in [-0.25, -0.2) is 4.79 Å². The Kier molecular flexibility index (Phi) is 5.29. The van der Waals surface area contributed by atoms with Crippen molar-refractivity contribution in [2.45, 2.75) is 19.8 Å². The molecular weight excluding hydrogens is 296 g/mol. The average molecular weight is 317 g/mol. The lowest BCUT2D eigenvalue weighted by atomic mass is 9.97. The number of aryl methyl sites for hydroxylation is 1. The summed E-state index contributed by atoms with van der Waals surface area (Å²) in [7, 11) is 3.55. The Morgan fingerprint density at radius 3 is 2.75 bits per heavy atom. The van der Waals surface area contributed by atoms with Crippen LogP contribution in [-0.2, 0) is 4.74 Å². The number of rotatable bonds is 4. The van der Waals surface area contributed by atoms with E-state index in [0.717, 1.165) is 30.2 Å². The molecule has 1 N–H and O–H groups in total. The summed E-state index contributed by atoms with van der Waals surface area (Å²) < 4.78 is 4.82. The molecule has 2 heterocycles. The number of hydrogen-bond donors (Lipinski definition) is 1. The van der Waals surface area contributed by atoms with Crippen molar-refractivity contribution in [2.75, 3.05) is 39.1 Å². The number of hydrogen-bond acceptors (Lipinski definition) is 5. The molecule has 1 aliphatic heterocycles. The number of nitrogens with zero attached hydrogens (tertiary/aromatic N) is 1. The highest BCUT2D eigenvalue weighted by atomic mass is 35.5. The largest absolute Gasteiger partial charge is 0.465 e. The Labute approximate surface area is 129 Å². The molecule has 0 bridgehead atoms. The first-order valence-corrected chi connectivity index (χ1v) is 8.02. The standard InChI is InChI=1S/C14H21ClN2O2S/c1-9-11(15)12(13(20-9)14(18)19-3)16-8-10-4-6-17(2)7-5-10/h10,16H,4-8H2,1-3H3. The summed E-state index contributed by atoms with van der Waals surface area (Å²) in [5.41, 5.74) is 0.736. The maximum absolute atomic E-state index is 11.8. The van der Waals surface area contributed by atoms with Gasteiger partial charge >= 0.3 is 5.97 Å². The lowest BCUT2D eigenvalue weighted by Crippen LogP contribution is -2.33. The maximum atomic E-state index is 11.8. The minimum absolute atomic E-state index is 0.323. The van der Waals surface area contributed by atoms with Crippen molar-refractivity contribution in [3.05, 3.63) is 14.8 Å². The first-order valence-electron chi connectivity index (χ1n) is 6.82. The van der Waals surface area contributed by atoms with E-state index in [-0.39, 0.29) is 5.97 Å². The van der Waals surface area contributed by atoms with Gasteiger partial charge in [-0.3, -0.25) is 0 Å². The fraction of sp³-hybridized carbons (Fsp3) is 0.643. The Bertz CT molecular complexity index is 482. The summed E-state index contributed by atoms with van der Waals surface area (Å²) in [6.45, 7) is 5.03.